The number of sulfonamides is 1. The van der Waals surface area contributed by atoms with Crippen LogP contribution in [-0.2, 0) is 14.8 Å². The fourth-order valence-corrected chi connectivity index (χ4v) is 3.90. The molecule has 0 saturated carbocycles. The van der Waals surface area contributed by atoms with E-state index in [-0.39, 0.29) is 23.9 Å². The van der Waals surface area contributed by atoms with E-state index in [2.05, 4.69) is 0 Å². The molecule has 1 aliphatic rings. The summed E-state index contributed by atoms with van der Waals surface area (Å²) in [5.41, 5.74) is 0.363. The Morgan fingerprint density at radius 1 is 1.40 bits per heavy atom. The highest BCUT2D eigenvalue weighted by molar-refractivity contribution is 7.89. The van der Waals surface area contributed by atoms with Gasteiger partial charge in [0.05, 0.1) is 10.8 Å². The van der Waals surface area contributed by atoms with Crippen LogP contribution in [0, 0.1) is 24.6 Å². The Morgan fingerprint density at radius 3 is 2.55 bits per heavy atom. The average Bonchev–Trinajstić information content (AvgIpc) is 2.75. The van der Waals surface area contributed by atoms with Gasteiger partial charge in [-0.2, -0.15) is 4.31 Å². The molecule has 1 aromatic rings. The van der Waals surface area contributed by atoms with Crippen LogP contribution < -0.4 is 0 Å². The molecule has 0 radical (unpaired) electrons. The lowest BCUT2D eigenvalue weighted by Crippen LogP contribution is -2.30. The Balaban J connectivity index is 2.32. The summed E-state index contributed by atoms with van der Waals surface area (Å²) in [6.07, 6.45) is 0. The van der Waals surface area contributed by atoms with E-state index in [1.54, 1.807) is 13.8 Å². The second-order valence-electron chi connectivity index (χ2n) is 5.16. The Bertz CT molecular complexity index is 644. The molecule has 1 heterocycles. The van der Waals surface area contributed by atoms with Gasteiger partial charge in [-0.15, -0.1) is 0 Å². The molecule has 1 saturated heterocycles. The third kappa shape index (κ3) is 2.55. The number of benzene rings is 1. The molecule has 0 aromatic heterocycles. The van der Waals surface area contributed by atoms with Crippen LogP contribution >= 0.6 is 0 Å². The summed E-state index contributed by atoms with van der Waals surface area (Å²) in [6.45, 7) is 3.30. The van der Waals surface area contributed by atoms with E-state index in [9.17, 15) is 17.6 Å². The zero-order valence-electron chi connectivity index (χ0n) is 11.2. The van der Waals surface area contributed by atoms with E-state index in [1.807, 2.05) is 0 Å². The van der Waals surface area contributed by atoms with Crippen molar-refractivity contribution in [2.24, 2.45) is 11.8 Å². The minimum absolute atomic E-state index is 0.0751. The van der Waals surface area contributed by atoms with E-state index in [4.69, 9.17) is 5.11 Å². The molecule has 0 bridgehead atoms. The first-order chi connectivity index (χ1) is 9.23. The van der Waals surface area contributed by atoms with Gasteiger partial charge < -0.3 is 5.11 Å². The fraction of sp³-hybridized carbons (Fsp3) is 0.462. The van der Waals surface area contributed by atoms with Crippen molar-refractivity contribution in [2.75, 3.05) is 13.1 Å². The van der Waals surface area contributed by atoms with Gasteiger partial charge in [-0.3, -0.25) is 4.79 Å². The molecule has 1 aromatic carbocycles. The Labute approximate surface area is 117 Å². The number of halogens is 1. The molecule has 0 aliphatic carbocycles. The Hall–Kier alpha value is -1.47. The van der Waals surface area contributed by atoms with E-state index in [0.29, 0.717) is 5.56 Å². The van der Waals surface area contributed by atoms with Crippen molar-refractivity contribution in [1.29, 1.82) is 0 Å². The van der Waals surface area contributed by atoms with Crippen molar-refractivity contribution in [3.05, 3.63) is 29.6 Å². The molecule has 1 aliphatic heterocycles. The Morgan fingerprint density at radius 2 is 2.05 bits per heavy atom. The largest absolute Gasteiger partial charge is 0.481 e. The zero-order valence-corrected chi connectivity index (χ0v) is 12.0. The van der Waals surface area contributed by atoms with Crippen LogP contribution in [0.1, 0.15) is 12.5 Å². The molecule has 7 heteroatoms. The van der Waals surface area contributed by atoms with Gasteiger partial charge in [-0.1, -0.05) is 13.0 Å². The molecular formula is C13H16FNO4S. The molecule has 0 unspecified atom stereocenters. The summed E-state index contributed by atoms with van der Waals surface area (Å²) in [7, 11) is -3.85. The standard InChI is InChI=1S/C13H16FNO4S/c1-8-3-4-10(5-12(8)14)20(18,19)15-6-9(2)11(7-15)13(16)17/h3-5,9,11H,6-7H2,1-2H3,(H,16,17)/t9-,11-/m1/s1. The first-order valence-electron chi connectivity index (χ1n) is 6.22. The van der Waals surface area contributed by atoms with Crippen molar-refractivity contribution < 1.29 is 22.7 Å². The quantitative estimate of drug-likeness (QED) is 0.917. The van der Waals surface area contributed by atoms with E-state index < -0.39 is 27.7 Å². The van der Waals surface area contributed by atoms with Gasteiger partial charge in [0, 0.05) is 13.1 Å². The molecule has 2 rings (SSSR count). The summed E-state index contributed by atoms with van der Waals surface area (Å²) in [6, 6.07) is 3.71. The number of hydrogen-bond acceptors (Lipinski definition) is 3. The topological polar surface area (TPSA) is 74.7 Å². The molecule has 5 nitrogen and oxygen atoms in total. The molecule has 110 valence electrons. The van der Waals surface area contributed by atoms with Gasteiger partial charge in [-0.25, -0.2) is 12.8 Å². The molecular weight excluding hydrogens is 285 g/mol. The Kier molecular flexibility index (Phi) is 3.84. The van der Waals surface area contributed by atoms with Crippen LogP contribution in [0.2, 0.25) is 0 Å². The predicted molar refractivity (Wildman–Crippen MR) is 70.2 cm³/mol. The van der Waals surface area contributed by atoms with Gasteiger partial charge in [-0.05, 0) is 30.5 Å². The summed E-state index contributed by atoms with van der Waals surface area (Å²) in [4.78, 5) is 10.9. The number of rotatable bonds is 3. The van der Waals surface area contributed by atoms with E-state index in [0.717, 1.165) is 10.4 Å². The van der Waals surface area contributed by atoms with Gasteiger partial charge in [0.25, 0.3) is 0 Å². The average molecular weight is 301 g/mol. The van der Waals surface area contributed by atoms with E-state index in [1.165, 1.54) is 12.1 Å². The lowest BCUT2D eigenvalue weighted by molar-refractivity contribution is -0.142. The zero-order chi connectivity index (χ0) is 15.1. The van der Waals surface area contributed by atoms with Crippen LogP contribution in [0.3, 0.4) is 0 Å². The molecule has 20 heavy (non-hydrogen) atoms. The second kappa shape index (κ2) is 5.14. The highest BCUT2D eigenvalue weighted by atomic mass is 32.2. The summed E-state index contributed by atoms with van der Waals surface area (Å²) >= 11 is 0. The minimum atomic E-state index is -3.85. The van der Waals surface area contributed by atoms with Crippen molar-refractivity contribution >= 4 is 16.0 Å². The molecule has 0 spiro atoms. The van der Waals surface area contributed by atoms with Gasteiger partial charge in [0.1, 0.15) is 5.82 Å². The van der Waals surface area contributed by atoms with Crippen molar-refractivity contribution in [3.63, 3.8) is 0 Å². The highest BCUT2D eigenvalue weighted by Crippen LogP contribution is 2.29. The van der Waals surface area contributed by atoms with Crippen LogP contribution in [-0.4, -0.2) is 36.9 Å². The maximum absolute atomic E-state index is 13.5. The third-order valence-electron chi connectivity index (χ3n) is 3.68. The van der Waals surface area contributed by atoms with Gasteiger partial charge in [0.15, 0.2) is 0 Å². The van der Waals surface area contributed by atoms with Gasteiger partial charge >= 0.3 is 5.97 Å². The molecule has 1 N–H and O–H groups in total. The second-order valence-corrected chi connectivity index (χ2v) is 7.09. The maximum atomic E-state index is 13.5. The molecule has 2 atom stereocenters. The van der Waals surface area contributed by atoms with Gasteiger partial charge in [0.2, 0.25) is 10.0 Å². The lowest BCUT2D eigenvalue weighted by atomic mass is 9.99. The number of nitrogens with zero attached hydrogens (tertiary/aromatic N) is 1. The summed E-state index contributed by atoms with van der Waals surface area (Å²) < 4.78 is 39.4. The smallest absolute Gasteiger partial charge is 0.308 e. The monoisotopic (exact) mass is 301 g/mol. The number of carboxylic acid groups (broad SMARTS) is 1. The van der Waals surface area contributed by atoms with Crippen molar-refractivity contribution in [3.8, 4) is 0 Å². The third-order valence-corrected chi connectivity index (χ3v) is 5.50. The van der Waals surface area contributed by atoms with Crippen molar-refractivity contribution in [2.45, 2.75) is 18.7 Å². The van der Waals surface area contributed by atoms with E-state index >= 15 is 0 Å². The fourth-order valence-electron chi connectivity index (χ4n) is 2.32. The minimum Gasteiger partial charge on any atom is -0.481 e. The first kappa shape index (κ1) is 14.9. The van der Waals surface area contributed by atoms with Crippen LogP contribution in [0.15, 0.2) is 23.1 Å². The number of carboxylic acids is 1. The molecule has 0 amide bonds. The lowest BCUT2D eigenvalue weighted by Gasteiger charge is -2.16. The predicted octanol–water partition coefficient (Wildman–Crippen LogP) is 1.48. The molecule has 1 fully saturated rings. The first-order valence-corrected chi connectivity index (χ1v) is 7.66. The van der Waals surface area contributed by atoms with Crippen molar-refractivity contribution in [1.82, 2.24) is 4.31 Å². The van der Waals surface area contributed by atoms with Crippen LogP contribution in [0.25, 0.3) is 0 Å². The van der Waals surface area contributed by atoms with Crippen LogP contribution in [0.5, 0.6) is 0 Å². The highest BCUT2D eigenvalue weighted by Gasteiger charge is 2.40. The number of hydrogen-bond donors (Lipinski definition) is 1. The van der Waals surface area contributed by atoms with Crippen LogP contribution in [0.4, 0.5) is 4.39 Å². The summed E-state index contributed by atoms with van der Waals surface area (Å²) in [5.74, 6) is -2.59. The normalized spacial score (nSPS) is 23.9. The number of aliphatic carboxylic acids is 1. The number of carbonyl (C=O) groups is 1. The maximum Gasteiger partial charge on any atom is 0.308 e. The number of aryl methyl sites for hydroxylation is 1. The summed E-state index contributed by atoms with van der Waals surface area (Å²) in [5, 5.41) is 9.04. The SMILES string of the molecule is Cc1ccc(S(=O)(=O)N2C[C@@H](C)[C@H](C(=O)O)C2)cc1F.